The zero-order valence-electron chi connectivity index (χ0n) is 18.2. The molecule has 1 aliphatic heterocycles. The summed E-state index contributed by atoms with van der Waals surface area (Å²) < 4.78 is 45.3. The molecule has 0 fully saturated rings. The highest BCUT2D eigenvalue weighted by Gasteiger charge is 2.38. The molecule has 3 heterocycles. The molecule has 0 bridgehead atoms. The Morgan fingerprint density at radius 3 is 2.53 bits per heavy atom. The fourth-order valence-corrected chi connectivity index (χ4v) is 4.44. The second kappa shape index (κ2) is 9.94. The number of nitrogens with zero attached hydrogens (tertiary/aromatic N) is 2. The highest BCUT2D eigenvalue weighted by Crippen LogP contribution is 2.24. The van der Waals surface area contributed by atoms with Gasteiger partial charge in [0.2, 0.25) is 0 Å². The summed E-state index contributed by atoms with van der Waals surface area (Å²) in [6, 6.07) is 6.15. The number of carbonyl (C=O) groups is 2. The lowest BCUT2D eigenvalue weighted by Gasteiger charge is -2.28. The standard InChI is InChI=1S/C20H20FN3O2S.C2HF3O2/c1-23(2)10-12-6-8-27-19(12)20(26)24-7-5-17-15(11-24)18(25)14-9-13(21)3-4-16(14)22-17;3-2(4,5)1(6)7/h3-4,6,8-9H,5,7,10-11H2,1-2H3,(H,22,25);(H,6,7). The number of rotatable bonds is 3. The maximum atomic E-state index is 13.6. The molecule has 34 heavy (non-hydrogen) atoms. The molecule has 0 atom stereocenters. The number of benzene rings is 1. The molecule has 182 valence electrons. The molecule has 2 aromatic heterocycles. The van der Waals surface area contributed by atoms with Crippen molar-refractivity contribution in [2.24, 2.45) is 0 Å². The van der Waals surface area contributed by atoms with Crippen LogP contribution in [0.4, 0.5) is 17.6 Å². The van der Waals surface area contributed by atoms with Gasteiger partial charge in [-0.1, -0.05) is 0 Å². The number of nitrogens with one attached hydrogen (secondary N) is 1. The molecule has 1 amide bonds. The van der Waals surface area contributed by atoms with Crippen LogP contribution in [0.2, 0.25) is 0 Å². The van der Waals surface area contributed by atoms with Crippen molar-refractivity contribution in [1.82, 2.24) is 14.8 Å². The van der Waals surface area contributed by atoms with Crippen LogP contribution in [0, 0.1) is 5.82 Å². The van der Waals surface area contributed by atoms with E-state index in [1.54, 1.807) is 11.0 Å². The molecule has 0 unspecified atom stereocenters. The monoisotopic (exact) mass is 499 g/mol. The second-order valence-corrected chi connectivity index (χ2v) is 8.81. The highest BCUT2D eigenvalue weighted by molar-refractivity contribution is 7.12. The number of amides is 1. The van der Waals surface area contributed by atoms with Crippen molar-refractivity contribution >= 4 is 34.1 Å². The van der Waals surface area contributed by atoms with E-state index in [0.29, 0.717) is 36.0 Å². The minimum atomic E-state index is -5.08. The first-order valence-electron chi connectivity index (χ1n) is 10.0. The molecule has 4 rings (SSSR count). The first-order chi connectivity index (χ1) is 15.9. The van der Waals surface area contributed by atoms with Gasteiger partial charge >= 0.3 is 12.1 Å². The normalized spacial score (nSPS) is 13.4. The molecule has 0 saturated carbocycles. The van der Waals surface area contributed by atoms with E-state index >= 15 is 0 Å². The fraction of sp³-hybridized carbons (Fsp3) is 0.318. The molecule has 0 saturated heterocycles. The molecule has 12 heteroatoms. The number of H-pyrrole nitrogens is 1. The van der Waals surface area contributed by atoms with E-state index in [2.05, 4.69) is 4.98 Å². The minimum absolute atomic E-state index is 0.0498. The van der Waals surface area contributed by atoms with Crippen molar-refractivity contribution in [1.29, 1.82) is 0 Å². The van der Waals surface area contributed by atoms with Crippen molar-refractivity contribution in [3.8, 4) is 0 Å². The number of hydrogen-bond acceptors (Lipinski definition) is 5. The SMILES string of the molecule is CN(C)Cc1ccsc1C(=O)N1CCc2[nH]c3ccc(F)cc3c(=O)c2C1.O=C(O)C(F)(F)F. The van der Waals surface area contributed by atoms with E-state index in [0.717, 1.165) is 16.1 Å². The van der Waals surface area contributed by atoms with Crippen molar-refractivity contribution in [3.05, 3.63) is 67.4 Å². The van der Waals surface area contributed by atoms with Crippen molar-refractivity contribution in [2.75, 3.05) is 20.6 Å². The van der Waals surface area contributed by atoms with E-state index in [1.807, 2.05) is 30.4 Å². The number of halogens is 4. The van der Waals surface area contributed by atoms with Gasteiger partial charge in [0, 0.05) is 41.7 Å². The highest BCUT2D eigenvalue weighted by atomic mass is 32.1. The Labute approximate surface area is 195 Å². The lowest BCUT2D eigenvalue weighted by Crippen LogP contribution is -2.39. The molecule has 3 aromatic rings. The number of hydrogen-bond donors (Lipinski definition) is 2. The van der Waals surface area contributed by atoms with Crippen LogP contribution >= 0.6 is 11.3 Å². The number of fused-ring (bicyclic) bond motifs is 2. The third kappa shape index (κ3) is 5.62. The van der Waals surface area contributed by atoms with Gasteiger partial charge in [-0.25, -0.2) is 9.18 Å². The Morgan fingerprint density at radius 2 is 1.91 bits per heavy atom. The van der Waals surface area contributed by atoms with Crippen LogP contribution < -0.4 is 5.43 Å². The van der Waals surface area contributed by atoms with Crippen LogP contribution in [0.15, 0.2) is 34.4 Å². The summed E-state index contributed by atoms with van der Waals surface area (Å²) in [5.74, 6) is -3.25. The number of thiophene rings is 1. The smallest absolute Gasteiger partial charge is 0.475 e. The maximum absolute atomic E-state index is 13.6. The summed E-state index contributed by atoms with van der Waals surface area (Å²) in [5, 5.41) is 9.38. The predicted octanol–water partition coefficient (Wildman–Crippen LogP) is 3.62. The summed E-state index contributed by atoms with van der Waals surface area (Å²) in [4.78, 5) is 42.5. The molecule has 0 radical (unpaired) electrons. The number of carboxylic acid groups (broad SMARTS) is 1. The van der Waals surface area contributed by atoms with Gasteiger partial charge in [0.15, 0.2) is 5.43 Å². The van der Waals surface area contributed by atoms with Crippen LogP contribution in [0.1, 0.15) is 26.5 Å². The van der Waals surface area contributed by atoms with Crippen LogP contribution in [0.5, 0.6) is 0 Å². The second-order valence-electron chi connectivity index (χ2n) is 7.89. The summed E-state index contributed by atoms with van der Waals surface area (Å²) in [7, 11) is 3.93. The number of carboxylic acids is 1. The molecule has 1 aromatic carbocycles. The van der Waals surface area contributed by atoms with E-state index in [4.69, 9.17) is 9.90 Å². The van der Waals surface area contributed by atoms with E-state index in [9.17, 15) is 27.2 Å². The van der Waals surface area contributed by atoms with E-state index in [-0.39, 0.29) is 17.9 Å². The van der Waals surface area contributed by atoms with Gasteiger partial charge in [0.1, 0.15) is 5.82 Å². The Bertz CT molecular complexity index is 1280. The van der Waals surface area contributed by atoms with Gasteiger partial charge in [-0.15, -0.1) is 11.3 Å². The first-order valence-corrected chi connectivity index (χ1v) is 10.9. The summed E-state index contributed by atoms with van der Waals surface area (Å²) in [6.45, 7) is 1.49. The number of aromatic nitrogens is 1. The third-order valence-electron chi connectivity index (χ3n) is 5.09. The molecular weight excluding hydrogens is 478 g/mol. The number of aromatic amines is 1. The average molecular weight is 499 g/mol. The van der Waals surface area contributed by atoms with E-state index in [1.165, 1.54) is 23.5 Å². The zero-order chi connectivity index (χ0) is 25.2. The lowest BCUT2D eigenvalue weighted by molar-refractivity contribution is -0.192. The summed E-state index contributed by atoms with van der Waals surface area (Å²) in [6.07, 6.45) is -4.50. The van der Waals surface area contributed by atoms with Crippen LogP contribution in [0.3, 0.4) is 0 Å². The van der Waals surface area contributed by atoms with Crippen LogP contribution in [0.25, 0.3) is 10.9 Å². The zero-order valence-corrected chi connectivity index (χ0v) is 19.0. The number of pyridine rings is 1. The minimum Gasteiger partial charge on any atom is -0.475 e. The third-order valence-corrected chi connectivity index (χ3v) is 6.03. The Morgan fingerprint density at radius 1 is 1.24 bits per heavy atom. The van der Waals surface area contributed by atoms with Gasteiger partial charge in [-0.2, -0.15) is 13.2 Å². The van der Waals surface area contributed by atoms with Crippen molar-refractivity contribution in [2.45, 2.75) is 25.7 Å². The quantitative estimate of drug-likeness (QED) is 0.537. The number of carbonyl (C=O) groups excluding carboxylic acids is 1. The van der Waals surface area contributed by atoms with Gasteiger partial charge in [0.25, 0.3) is 5.91 Å². The Kier molecular flexibility index (Phi) is 7.41. The van der Waals surface area contributed by atoms with Crippen molar-refractivity contribution in [3.63, 3.8) is 0 Å². The molecule has 1 aliphatic rings. The molecule has 2 N–H and O–H groups in total. The molecule has 0 aliphatic carbocycles. The summed E-state index contributed by atoms with van der Waals surface area (Å²) in [5.41, 5.74) is 2.82. The van der Waals surface area contributed by atoms with Gasteiger partial charge in [-0.3, -0.25) is 9.59 Å². The Hall–Kier alpha value is -3.25. The number of aliphatic carboxylic acids is 1. The predicted molar refractivity (Wildman–Crippen MR) is 118 cm³/mol. The van der Waals surface area contributed by atoms with Gasteiger partial charge < -0.3 is 19.9 Å². The first kappa shape index (κ1) is 25.4. The largest absolute Gasteiger partial charge is 0.490 e. The topological polar surface area (TPSA) is 93.7 Å². The number of alkyl halides is 3. The summed E-state index contributed by atoms with van der Waals surface area (Å²) >= 11 is 1.43. The molecule has 7 nitrogen and oxygen atoms in total. The molecular formula is C22H21F4N3O4S. The average Bonchev–Trinajstić information content (AvgIpc) is 3.21. The Balaban J connectivity index is 0.000000406. The fourth-order valence-electron chi connectivity index (χ4n) is 3.55. The molecule has 0 spiro atoms. The van der Waals surface area contributed by atoms with Gasteiger partial charge in [-0.05, 0) is 49.3 Å². The lowest BCUT2D eigenvalue weighted by atomic mass is 10.0. The van der Waals surface area contributed by atoms with Crippen molar-refractivity contribution < 1.29 is 32.3 Å². The maximum Gasteiger partial charge on any atom is 0.490 e. The van der Waals surface area contributed by atoms with Crippen LogP contribution in [-0.2, 0) is 24.3 Å². The van der Waals surface area contributed by atoms with E-state index < -0.39 is 18.0 Å². The van der Waals surface area contributed by atoms with Gasteiger partial charge in [0.05, 0.1) is 11.4 Å². The van der Waals surface area contributed by atoms with Crippen LogP contribution in [-0.4, -0.2) is 58.6 Å².